The van der Waals surface area contributed by atoms with Crippen molar-refractivity contribution in [1.29, 1.82) is 0 Å². The SMILES string of the molecule is CCc1csc(NC(=O)NC(C)(CO)C2CC2)n1. The van der Waals surface area contributed by atoms with Crippen molar-refractivity contribution in [3.05, 3.63) is 11.1 Å². The molecular weight excluding hydrogens is 250 g/mol. The number of aliphatic hydroxyl groups excluding tert-OH is 1. The Morgan fingerprint density at radius 1 is 1.67 bits per heavy atom. The first-order valence-electron chi connectivity index (χ1n) is 6.22. The number of nitrogens with zero attached hydrogens (tertiary/aromatic N) is 1. The minimum absolute atomic E-state index is 0.0385. The minimum Gasteiger partial charge on any atom is -0.394 e. The smallest absolute Gasteiger partial charge is 0.321 e. The number of aliphatic hydroxyl groups is 1. The van der Waals surface area contributed by atoms with Gasteiger partial charge in [-0.15, -0.1) is 11.3 Å². The van der Waals surface area contributed by atoms with Gasteiger partial charge < -0.3 is 10.4 Å². The fourth-order valence-electron chi connectivity index (χ4n) is 1.91. The van der Waals surface area contributed by atoms with E-state index >= 15 is 0 Å². The molecule has 0 bridgehead atoms. The molecule has 0 radical (unpaired) electrons. The van der Waals surface area contributed by atoms with Crippen LogP contribution in [0, 0.1) is 5.92 Å². The summed E-state index contributed by atoms with van der Waals surface area (Å²) >= 11 is 1.41. The van der Waals surface area contributed by atoms with Crippen LogP contribution >= 0.6 is 11.3 Å². The molecular formula is C12H19N3O2S. The van der Waals surface area contributed by atoms with Gasteiger partial charge in [-0.25, -0.2) is 9.78 Å². The van der Waals surface area contributed by atoms with Crippen LogP contribution in [0.5, 0.6) is 0 Å². The highest BCUT2D eigenvalue weighted by Gasteiger charge is 2.42. The van der Waals surface area contributed by atoms with E-state index in [4.69, 9.17) is 0 Å². The van der Waals surface area contributed by atoms with Gasteiger partial charge in [0.15, 0.2) is 5.13 Å². The van der Waals surface area contributed by atoms with E-state index in [1.165, 1.54) is 11.3 Å². The first-order chi connectivity index (χ1) is 8.57. The van der Waals surface area contributed by atoms with Crippen molar-refractivity contribution in [2.24, 2.45) is 5.92 Å². The molecule has 0 saturated heterocycles. The van der Waals surface area contributed by atoms with Crippen LogP contribution in [0.1, 0.15) is 32.4 Å². The van der Waals surface area contributed by atoms with Crippen LogP contribution in [-0.4, -0.2) is 28.3 Å². The van der Waals surface area contributed by atoms with Crippen molar-refractivity contribution < 1.29 is 9.90 Å². The number of hydrogen-bond acceptors (Lipinski definition) is 4. The third-order valence-electron chi connectivity index (χ3n) is 3.34. The number of thiazole rings is 1. The summed E-state index contributed by atoms with van der Waals surface area (Å²) in [6.45, 7) is 3.86. The number of amides is 2. The molecule has 0 aliphatic heterocycles. The van der Waals surface area contributed by atoms with Crippen molar-refractivity contribution in [3.8, 4) is 0 Å². The van der Waals surface area contributed by atoms with E-state index in [1.54, 1.807) is 0 Å². The van der Waals surface area contributed by atoms with Crippen molar-refractivity contribution >= 4 is 22.5 Å². The van der Waals surface area contributed by atoms with E-state index in [-0.39, 0.29) is 12.6 Å². The van der Waals surface area contributed by atoms with Crippen molar-refractivity contribution in [3.63, 3.8) is 0 Å². The van der Waals surface area contributed by atoms with Gasteiger partial charge in [0, 0.05) is 5.38 Å². The van der Waals surface area contributed by atoms with E-state index in [2.05, 4.69) is 15.6 Å². The lowest BCUT2D eigenvalue weighted by Crippen LogP contribution is -2.52. The minimum atomic E-state index is -0.519. The first-order valence-corrected chi connectivity index (χ1v) is 7.10. The molecule has 1 aromatic rings. The summed E-state index contributed by atoms with van der Waals surface area (Å²) in [4.78, 5) is 16.1. The maximum atomic E-state index is 11.9. The fourth-order valence-corrected chi connectivity index (χ4v) is 2.69. The molecule has 1 saturated carbocycles. The van der Waals surface area contributed by atoms with Crippen molar-refractivity contribution in [2.45, 2.75) is 38.6 Å². The van der Waals surface area contributed by atoms with Crippen molar-refractivity contribution in [2.75, 3.05) is 11.9 Å². The summed E-state index contributed by atoms with van der Waals surface area (Å²) in [5, 5.41) is 17.5. The summed E-state index contributed by atoms with van der Waals surface area (Å²) in [7, 11) is 0. The molecule has 1 aliphatic carbocycles. The molecule has 1 aromatic heterocycles. The monoisotopic (exact) mass is 269 g/mol. The average molecular weight is 269 g/mol. The zero-order chi connectivity index (χ0) is 13.2. The summed E-state index contributed by atoms with van der Waals surface area (Å²) in [6, 6.07) is -0.296. The number of carbonyl (C=O) groups excluding carboxylic acids is 1. The van der Waals surface area contributed by atoms with E-state index < -0.39 is 5.54 Å². The zero-order valence-corrected chi connectivity index (χ0v) is 11.5. The van der Waals surface area contributed by atoms with Gasteiger partial charge in [0.2, 0.25) is 0 Å². The Kier molecular flexibility index (Phi) is 3.87. The quantitative estimate of drug-likeness (QED) is 0.765. The molecule has 1 unspecified atom stereocenters. The normalized spacial score (nSPS) is 18.2. The molecule has 5 nitrogen and oxygen atoms in total. The average Bonchev–Trinajstić information content (AvgIpc) is 3.11. The van der Waals surface area contributed by atoms with Gasteiger partial charge in [-0.3, -0.25) is 5.32 Å². The number of aromatic nitrogens is 1. The molecule has 1 fully saturated rings. The zero-order valence-electron chi connectivity index (χ0n) is 10.7. The van der Waals surface area contributed by atoms with Crippen LogP contribution in [0.2, 0.25) is 0 Å². The summed E-state index contributed by atoms with van der Waals surface area (Å²) < 4.78 is 0. The van der Waals surface area contributed by atoms with Gasteiger partial charge in [0.25, 0.3) is 0 Å². The Morgan fingerprint density at radius 2 is 2.39 bits per heavy atom. The maximum absolute atomic E-state index is 11.9. The third-order valence-corrected chi connectivity index (χ3v) is 4.15. The maximum Gasteiger partial charge on any atom is 0.321 e. The Labute approximate surface area is 111 Å². The molecule has 2 rings (SSSR count). The number of urea groups is 1. The van der Waals surface area contributed by atoms with Crippen LogP contribution in [0.3, 0.4) is 0 Å². The lowest BCUT2D eigenvalue weighted by atomic mass is 9.97. The Balaban J connectivity index is 1.91. The highest BCUT2D eigenvalue weighted by atomic mass is 32.1. The van der Waals surface area contributed by atoms with Crippen LogP contribution in [0.25, 0.3) is 0 Å². The Bertz CT molecular complexity index is 431. The van der Waals surface area contributed by atoms with Crippen LogP contribution < -0.4 is 10.6 Å². The topological polar surface area (TPSA) is 74.2 Å². The fraction of sp³-hybridized carbons (Fsp3) is 0.667. The van der Waals surface area contributed by atoms with E-state index in [9.17, 15) is 9.90 Å². The highest BCUT2D eigenvalue weighted by molar-refractivity contribution is 7.13. The molecule has 2 amide bonds. The standard InChI is InChI=1S/C12H19N3O2S/c1-3-9-6-18-11(13-9)14-10(17)15-12(2,7-16)8-4-5-8/h6,8,16H,3-5,7H2,1-2H3,(H2,13,14,15,17). The van der Waals surface area contributed by atoms with Crippen LogP contribution in [-0.2, 0) is 6.42 Å². The molecule has 0 spiro atoms. The number of anilines is 1. The molecule has 100 valence electrons. The van der Waals surface area contributed by atoms with E-state index in [1.807, 2.05) is 19.2 Å². The van der Waals surface area contributed by atoms with Gasteiger partial charge in [-0.05, 0) is 32.1 Å². The third kappa shape index (κ3) is 3.00. The van der Waals surface area contributed by atoms with Gasteiger partial charge in [-0.1, -0.05) is 6.92 Å². The van der Waals surface area contributed by atoms with Crippen LogP contribution in [0.4, 0.5) is 9.93 Å². The molecule has 1 heterocycles. The number of aryl methyl sites for hydroxylation is 1. The predicted molar refractivity (Wildman–Crippen MR) is 71.9 cm³/mol. The first kappa shape index (κ1) is 13.3. The summed E-state index contributed by atoms with van der Waals surface area (Å²) in [6.07, 6.45) is 2.99. The second-order valence-electron chi connectivity index (χ2n) is 4.93. The molecule has 6 heteroatoms. The number of hydrogen-bond donors (Lipinski definition) is 3. The number of rotatable bonds is 5. The number of carbonyl (C=O) groups is 1. The molecule has 0 aromatic carbocycles. The van der Waals surface area contributed by atoms with E-state index in [0.29, 0.717) is 11.0 Å². The largest absolute Gasteiger partial charge is 0.394 e. The lowest BCUT2D eigenvalue weighted by molar-refractivity contribution is 0.159. The second-order valence-corrected chi connectivity index (χ2v) is 5.78. The Hall–Kier alpha value is -1.14. The summed E-state index contributed by atoms with van der Waals surface area (Å²) in [5.41, 5.74) is 0.456. The van der Waals surface area contributed by atoms with Gasteiger partial charge in [0.05, 0.1) is 17.8 Å². The molecule has 18 heavy (non-hydrogen) atoms. The molecule has 1 atom stereocenters. The van der Waals surface area contributed by atoms with Crippen molar-refractivity contribution in [1.82, 2.24) is 10.3 Å². The Morgan fingerprint density at radius 3 is 2.89 bits per heavy atom. The van der Waals surface area contributed by atoms with Gasteiger partial charge in [0.1, 0.15) is 0 Å². The molecule has 3 N–H and O–H groups in total. The summed E-state index contributed by atoms with van der Waals surface area (Å²) in [5.74, 6) is 0.385. The van der Waals surface area contributed by atoms with Gasteiger partial charge in [-0.2, -0.15) is 0 Å². The van der Waals surface area contributed by atoms with Gasteiger partial charge >= 0.3 is 6.03 Å². The lowest BCUT2D eigenvalue weighted by Gasteiger charge is -2.28. The molecule has 1 aliphatic rings. The number of nitrogens with one attached hydrogen (secondary N) is 2. The van der Waals surface area contributed by atoms with Crippen LogP contribution in [0.15, 0.2) is 5.38 Å². The predicted octanol–water partition coefficient (Wildman–Crippen LogP) is 1.99. The highest BCUT2D eigenvalue weighted by Crippen LogP contribution is 2.39. The van der Waals surface area contributed by atoms with E-state index in [0.717, 1.165) is 25.0 Å². The second kappa shape index (κ2) is 5.24.